The molecule has 0 aliphatic heterocycles. The number of halogens is 4. The molecule has 2 N–H and O–H groups in total. The summed E-state index contributed by atoms with van der Waals surface area (Å²) in [6, 6.07) is 9.36. The highest BCUT2D eigenvalue weighted by atomic mass is 35.5. The van der Waals surface area contributed by atoms with Gasteiger partial charge in [-0.1, -0.05) is 46.9 Å². The van der Waals surface area contributed by atoms with E-state index in [1.807, 2.05) is 0 Å². The zero-order valence-electron chi connectivity index (χ0n) is 10.6. The van der Waals surface area contributed by atoms with Gasteiger partial charge in [-0.3, -0.25) is 4.79 Å². The van der Waals surface area contributed by atoms with E-state index in [0.717, 1.165) is 0 Å². The minimum absolute atomic E-state index is 0.0189. The summed E-state index contributed by atoms with van der Waals surface area (Å²) in [7, 11) is 0. The van der Waals surface area contributed by atoms with Gasteiger partial charge in [0.1, 0.15) is 0 Å². The summed E-state index contributed by atoms with van der Waals surface area (Å²) in [5.74, 6) is -1.02. The Bertz CT molecular complexity index is 659. The summed E-state index contributed by atoms with van der Waals surface area (Å²) in [5, 5.41) is 5.85. The number of para-hydroxylation sites is 1. The summed E-state index contributed by atoms with van der Waals surface area (Å²) in [4.78, 5) is 11.8. The van der Waals surface area contributed by atoms with Crippen LogP contribution in [0, 0.1) is 5.82 Å². The van der Waals surface area contributed by atoms with Gasteiger partial charge in [-0.25, -0.2) is 4.39 Å². The molecular formula is C14H10Cl3FN2O. The van der Waals surface area contributed by atoms with Crippen LogP contribution >= 0.6 is 34.8 Å². The maximum Gasteiger partial charge on any atom is 0.243 e. The van der Waals surface area contributed by atoms with Gasteiger partial charge >= 0.3 is 0 Å². The zero-order valence-corrected chi connectivity index (χ0v) is 12.9. The molecule has 7 heteroatoms. The molecule has 110 valence electrons. The van der Waals surface area contributed by atoms with Gasteiger partial charge in [0.05, 0.1) is 33.0 Å². The second kappa shape index (κ2) is 6.98. The molecule has 2 rings (SSSR count). The first-order chi connectivity index (χ1) is 9.99. The van der Waals surface area contributed by atoms with Gasteiger partial charge in [0, 0.05) is 0 Å². The molecule has 2 aromatic rings. The molecular weight excluding hydrogens is 338 g/mol. The molecule has 0 saturated heterocycles. The fraction of sp³-hybridized carbons (Fsp3) is 0.0714. The van der Waals surface area contributed by atoms with Gasteiger partial charge in [-0.05, 0) is 24.3 Å². The third kappa shape index (κ3) is 4.00. The van der Waals surface area contributed by atoms with Crippen LogP contribution in [0.5, 0.6) is 0 Å². The fourth-order valence-electron chi connectivity index (χ4n) is 1.62. The van der Waals surface area contributed by atoms with E-state index in [1.54, 1.807) is 24.3 Å². The van der Waals surface area contributed by atoms with E-state index in [0.29, 0.717) is 15.7 Å². The van der Waals surface area contributed by atoms with E-state index in [2.05, 4.69) is 10.6 Å². The van der Waals surface area contributed by atoms with Crippen molar-refractivity contribution < 1.29 is 9.18 Å². The molecule has 0 aromatic heterocycles. The Labute approximate surface area is 136 Å². The first-order valence-electron chi connectivity index (χ1n) is 5.91. The van der Waals surface area contributed by atoms with Gasteiger partial charge in [-0.2, -0.15) is 0 Å². The Morgan fingerprint density at radius 1 is 1.00 bits per heavy atom. The number of hydrogen-bond donors (Lipinski definition) is 2. The van der Waals surface area contributed by atoms with E-state index in [-0.39, 0.29) is 17.3 Å². The van der Waals surface area contributed by atoms with Crippen molar-refractivity contribution in [1.29, 1.82) is 0 Å². The molecule has 0 unspecified atom stereocenters. The van der Waals surface area contributed by atoms with E-state index in [4.69, 9.17) is 34.8 Å². The third-order valence-electron chi connectivity index (χ3n) is 2.62. The first-order valence-corrected chi connectivity index (χ1v) is 7.04. The monoisotopic (exact) mass is 346 g/mol. The van der Waals surface area contributed by atoms with Crippen LogP contribution in [0.4, 0.5) is 15.8 Å². The van der Waals surface area contributed by atoms with Crippen molar-refractivity contribution in [2.24, 2.45) is 0 Å². The molecule has 21 heavy (non-hydrogen) atoms. The molecule has 0 saturated carbocycles. The topological polar surface area (TPSA) is 41.1 Å². The van der Waals surface area contributed by atoms with Crippen molar-refractivity contribution in [3.8, 4) is 0 Å². The molecule has 2 aromatic carbocycles. The van der Waals surface area contributed by atoms with Gasteiger partial charge < -0.3 is 10.6 Å². The Morgan fingerprint density at radius 2 is 1.57 bits per heavy atom. The predicted molar refractivity (Wildman–Crippen MR) is 85.0 cm³/mol. The van der Waals surface area contributed by atoms with Crippen LogP contribution in [0.2, 0.25) is 15.1 Å². The number of carbonyl (C=O) groups excluding carboxylic acids is 1. The van der Waals surface area contributed by atoms with Gasteiger partial charge in [0.25, 0.3) is 0 Å². The van der Waals surface area contributed by atoms with Crippen LogP contribution in [-0.4, -0.2) is 12.5 Å². The highest BCUT2D eigenvalue weighted by molar-refractivity contribution is 6.39. The Kier molecular flexibility index (Phi) is 5.28. The van der Waals surface area contributed by atoms with E-state index in [1.165, 1.54) is 12.1 Å². The summed E-state index contributed by atoms with van der Waals surface area (Å²) in [6.45, 7) is -0.154. The quantitative estimate of drug-likeness (QED) is 0.831. The van der Waals surface area contributed by atoms with E-state index in [9.17, 15) is 9.18 Å². The average Bonchev–Trinajstić information content (AvgIpc) is 2.45. The van der Waals surface area contributed by atoms with Crippen molar-refractivity contribution >= 4 is 52.1 Å². The fourth-order valence-corrected chi connectivity index (χ4v) is 2.28. The molecule has 0 aliphatic rings. The molecule has 0 bridgehead atoms. The Balaban J connectivity index is 2.01. The second-order valence-corrected chi connectivity index (χ2v) is 5.32. The highest BCUT2D eigenvalue weighted by Gasteiger charge is 2.11. The number of nitrogens with one attached hydrogen (secondary N) is 2. The van der Waals surface area contributed by atoms with Crippen molar-refractivity contribution in [3.63, 3.8) is 0 Å². The SMILES string of the molecule is O=C(CNc1cccc(Cl)c1F)Nc1c(Cl)cccc1Cl. The Hall–Kier alpha value is -1.49. The molecule has 0 heterocycles. The Morgan fingerprint density at radius 3 is 2.24 bits per heavy atom. The lowest BCUT2D eigenvalue weighted by atomic mass is 10.3. The molecule has 0 atom stereocenters. The molecule has 3 nitrogen and oxygen atoms in total. The number of amides is 1. The average molecular weight is 348 g/mol. The van der Waals surface area contributed by atoms with Crippen LogP contribution < -0.4 is 10.6 Å². The third-order valence-corrected chi connectivity index (χ3v) is 3.54. The second-order valence-electron chi connectivity index (χ2n) is 4.10. The summed E-state index contributed by atoms with van der Waals surface area (Å²) in [6.07, 6.45) is 0. The van der Waals surface area contributed by atoms with E-state index >= 15 is 0 Å². The van der Waals surface area contributed by atoms with Gasteiger partial charge in [-0.15, -0.1) is 0 Å². The summed E-state index contributed by atoms with van der Waals surface area (Å²) < 4.78 is 13.6. The first kappa shape index (κ1) is 15.9. The smallest absolute Gasteiger partial charge is 0.243 e. The van der Waals surface area contributed by atoms with Crippen LogP contribution in [-0.2, 0) is 4.79 Å². The van der Waals surface area contributed by atoms with E-state index < -0.39 is 11.7 Å². The number of anilines is 2. The highest BCUT2D eigenvalue weighted by Crippen LogP contribution is 2.29. The number of hydrogen-bond acceptors (Lipinski definition) is 2. The van der Waals surface area contributed by atoms with Crippen LogP contribution in [0.1, 0.15) is 0 Å². The molecule has 0 fully saturated rings. The normalized spacial score (nSPS) is 10.3. The predicted octanol–water partition coefficient (Wildman–Crippen LogP) is 4.84. The van der Waals surface area contributed by atoms with Crippen LogP contribution in [0.3, 0.4) is 0 Å². The molecule has 1 amide bonds. The van der Waals surface area contributed by atoms with Crippen LogP contribution in [0.15, 0.2) is 36.4 Å². The van der Waals surface area contributed by atoms with Gasteiger partial charge in [0.2, 0.25) is 5.91 Å². The molecule has 0 spiro atoms. The zero-order chi connectivity index (χ0) is 15.4. The maximum absolute atomic E-state index is 13.6. The minimum Gasteiger partial charge on any atom is -0.374 e. The maximum atomic E-state index is 13.6. The van der Waals surface area contributed by atoms with Crippen molar-refractivity contribution in [2.45, 2.75) is 0 Å². The molecule has 0 aliphatic carbocycles. The lowest BCUT2D eigenvalue weighted by Crippen LogP contribution is -2.22. The number of rotatable bonds is 4. The van der Waals surface area contributed by atoms with Crippen molar-refractivity contribution in [3.05, 3.63) is 57.3 Å². The number of benzene rings is 2. The van der Waals surface area contributed by atoms with Gasteiger partial charge in [0.15, 0.2) is 5.82 Å². The lowest BCUT2D eigenvalue weighted by Gasteiger charge is -2.11. The largest absolute Gasteiger partial charge is 0.374 e. The standard InChI is InChI=1S/C14H10Cl3FN2O/c15-8-3-2-6-11(13(8)18)19-7-12(21)20-14-9(16)4-1-5-10(14)17/h1-6,19H,7H2,(H,20,21). The lowest BCUT2D eigenvalue weighted by molar-refractivity contribution is -0.114. The van der Waals surface area contributed by atoms with Crippen LogP contribution in [0.25, 0.3) is 0 Å². The van der Waals surface area contributed by atoms with Crippen molar-refractivity contribution in [1.82, 2.24) is 0 Å². The summed E-state index contributed by atoms with van der Waals surface area (Å²) >= 11 is 17.5. The van der Waals surface area contributed by atoms with Crippen molar-refractivity contribution in [2.75, 3.05) is 17.2 Å². The number of carbonyl (C=O) groups is 1. The summed E-state index contributed by atoms with van der Waals surface area (Å²) in [5.41, 5.74) is 0.460. The minimum atomic E-state index is -0.609. The molecule has 0 radical (unpaired) electrons.